The zero-order valence-electron chi connectivity index (χ0n) is 8.81. The number of ether oxygens (including phenoxy) is 1. The summed E-state index contributed by atoms with van der Waals surface area (Å²) in [6, 6.07) is 0. The van der Waals surface area contributed by atoms with Gasteiger partial charge in [-0.1, -0.05) is 0 Å². The molecule has 5 nitrogen and oxygen atoms in total. The van der Waals surface area contributed by atoms with Crippen molar-refractivity contribution in [1.82, 2.24) is 4.72 Å². The zero-order chi connectivity index (χ0) is 11.1. The maximum absolute atomic E-state index is 11.5. The molecule has 0 spiro atoms. The van der Waals surface area contributed by atoms with Crippen molar-refractivity contribution in [2.24, 2.45) is 5.92 Å². The Morgan fingerprint density at radius 1 is 1.33 bits per heavy atom. The van der Waals surface area contributed by atoms with E-state index in [1.54, 1.807) is 0 Å². The van der Waals surface area contributed by atoms with E-state index in [9.17, 15) is 8.42 Å². The summed E-state index contributed by atoms with van der Waals surface area (Å²) in [6.45, 7) is 1.66. The van der Waals surface area contributed by atoms with Gasteiger partial charge in [-0.05, 0) is 25.2 Å². The smallest absolute Gasteiger partial charge is 0.211 e. The number of hydrogen-bond acceptors (Lipinski definition) is 4. The van der Waals surface area contributed by atoms with Crippen molar-refractivity contribution in [3.63, 3.8) is 0 Å². The molecule has 0 amide bonds. The maximum Gasteiger partial charge on any atom is 0.211 e. The summed E-state index contributed by atoms with van der Waals surface area (Å²) in [4.78, 5) is 0. The van der Waals surface area contributed by atoms with Gasteiger partial charge in [0.2, 0.25) is 10.0 Å². The standard InChI is InChI=1S/C9H19NO4S/c11-5-1-4-10-15(12,13)8-9-2-6-14-7-3-9/h9-11H,1-8H2. The molecule has 1 rings (SSSR count). The Bertz CT molecular complexity index is 259. The van der Waals surface area contributed by atoms with E-state index in [4.69, 9.17) is 9.84 Å². The summed E-state index contributed by atoms with van der Waals surface area (Å²) in [7, 11) is -3.17. The van der Waals surface area contributed by atoms with Crippen LogP contribution in [0.2, 0.25) is 0 Å². The topological polar surface area (TPSA) is 75.6 Å². The molecule has 90 valence electrons. The van der Waals surface area contributed by atoms with Crippen LogP contribution in [0, 0.1) is 5.92 Å². The Kier molecular flexibility index (Phi) is 5.52. The van der Waals surface area contributed by atoms with Gasteiger partial charge in [0, 0.05) is 26.4 Å². The van der Waals surface area contributed by atoms with E-state index in [1.165, 1.54) is 0 Å². The first-order valence-electron chi connectivity index (χ1n) is 5.30. The van der Waals surface area contributed by atoms with Gasteiger partial charge in [0.1, 0.15) is 0 Å². The van der Waals surface area contributed by atoms with Crippen molar-refractivity contribution in [3.05, 3.63) is 0 Å². The molecular formula is C9H19NO4S. The lowest BCUT2D eigenvalue weighted by Gasteiger charge is -2.21. The summed E-state index contributed by atoms with van der Waals surface area (Å²) in [5.74, 6) is 0.396. The SMILES string of the molecule is O=S(=O)(CC1CCOCC1)NCCCO. The van der Waals surface area contributed by atoms with E-state index in [1.807, 2.05) is 0 Å². The van der Waals surface area contributed by atoms with Crippen molar-refractivity contribution < 1.29 is 18.3 Å². The molecule has 1 heterocycles. The second kappa shape index (κ2) is 6.42. The molecule has 15 heavy (non-hydrogen) atoms. The lowest BCUT2D eigenvalue weighted by Crippen LogP contribution is -2.33. The highest BCUT2D eigenvalue weighted by Gasteiger charge is 2.20. The molecule has 1 aliphatic heterocycles. The fourth-order valence-corrected chi connectivity index (χ4v) is 3.12. The van der Waals surface area contributed by atoms with Crippen molar-refractivity contribution in [1.29, 1.82) is 0 Å². The third kappa shape index (κ3) is 5.46. The van der Waals surface area contributed by atoms with Gasteiger partial charge >= 0.3 is 0 Å². The Morgan fingerprint density at radius 3 is 2.60 bits per heavy atom. The molecule has 0 aromatic heterocycles. The first-order chi connectivity index (χ1) is 7.14. The fraction of sp³-hybridized carbons (Fsp3) is 1.00. The minimum absolute atomic E-state index is 0.0137. The van der Waals surface area contributed by atoms with E-state index in [2.05, 4.69) is 4.72 Å². The van der Waals surface area contributed by atoms with Gasteiger partial charge < -0.3 is 9.84 Å². The first-order valence-corrected chi connectivity index (χ1v) is 6.95. The first kappa shape index (κ1) is 12.9. The van der Waals surface area contributed by atoms with Crippen molar-refractivity contribution >= 4 is 10.0 Å². The van der Waals surface area contributed by atoms with Gasteiger partial charge in [-0.15, -0.1) is 0 Å². The third-order valence-corrected chi connectivity index (χ3v) is 4.01. The van der Waals surface area contributed by atoms with E-state index in [-0.39, 0.29) is 18.3 Å². The molecular weight excluding hydrogens is 218 g/mol. The molecule has 0 bridgehead atoms. The van der Waals surface area contributed by atoms with Crippen LogP contribution in [0.4, 0.5) is 0 Å². The molecule has 0 aromatic rings. The molecule has 0 unspecified atom stereocenters. The van der Waals surface area contributed by atoms with Gasteiger partial charge in [-0.25, -0.2) is 13.1 Å². The highest BCUT2D eigenvalue weighted by molar-refractivity contribution is 7.89. The Morgan fingerprint density at radius 2 is 2.00 bits per heavy atom. The number of rotatable bonds is 6. The van der Waals surface area contributed by atoms with E-state index in [0.29, 0.717) is 26.2 Å². The second-order valence-electron chi connectivity index (χ2n) is 3.81. The molecule has 0 aromatic carbocycles. The fourth-order valence-electron chi connectivity index (χ4n) is 1.59. The number of aliphatic hydroxyl groups is 1. The van der Waals surface area contributed by atoms with Crippen LogP contribution in [0.1, 0.15) is 19.3 Å². The summed E-state index contributed by atoms with van der Waals surface area (Å²) in [5.41, 5.74) is 0. The molecule has 6 heteroatoms. The molecule has 0 saturated carbocycles. The normalized spacial score (nSPS) is 19.3. The van der Waals surface area contributed by atoms with Crippen molar-refractivity contribution in [2.45, 2.75) is 19.3 Å². The van der Waals surface area contributed by atoms with Crippen LogP contribution in [-0.2, 0) is 14.8 Å². The Hall–Kier alpha value is -0.170. The van der Waals surface area contributed by atoms with Crippen LogP contribution in [0.15, 0.2) is 0 Å². The molecule has 1 saturated heterocycles. The minimum atomic E-state index is -3.17. The Labute approximate surface area is 90.9 Å². The summed E-state index contributed by atoms with van der Waals surface area (Å²) < 4.78 is 30.7. The third-order valence-electron chi connectivity index (χ3n) is 2.45. The van der Waals surface area contributed by atoms with E-state index >= 15 is 0 Å². The van der Waals surface area contributed by atoms with E-state index < -0.39 is 10.0 Å². The van der Waals surface area contributed by atoms with Crippen molar-refractivity contribution in [3.8, 4) is 0 Å². The summed E-state index contributed by atoms with van der Waals surface area (Å²) in [5, 5.41) is 8.53. The van der Waals surface area contributed by atoms with Crippen LogP contribution in [0.5, 0.6) is 0 Å². The lowest BCUT2D eigenvalue weighted by molar-refractivity contribution is 0.0723. The Balaban J connectivity index is 2.27. The second-order valence-corrected chi connectivity index (χ2v) is 5.66. The number of sulfonamides is 1. The average Bonchev–Trinajstić information content (AvgIpc) is 2.18. The van der Waals surface area contributed by atoms with Crippen LogP contribution in [0.25, 0.3) is 0 Å². The van der Waals surface area contributed by atoms with Crippen LogP contribution in [0.3, 0.4) is 0 Å². The number of aliphatic hydroxyl groups excluding tert-OH is 1. The summed E-state index contributed by atoms with van der Waals surface area (Å²) in [6.07, 6.45) is 2.11. The van der Waals surface area contributed by atoms with Crippen molar-refractivity contribution in [2.75, 3.05) is 32.1 Å². The molecule has 0 radical (unpaired) electrons. The zero-order valence-corrected chi connectivity index (χ0v) is 9.63. The predicted octanol–water partition coefficient (Wildman–Crippen LogP) is -0.285. The van der Waals surface area contributed by atoms with Crippen LogP contribution in [-0.4, -0.2) is 45.6 Å². The highest BCUT2D eigenvalue weighted by Crippen LogP contribution is 2.16. The van der Waals surface area contributed by atoms with Gasteiger partial charge in [-0.3, -0.25) is 0 Å². The molecule has 1 fully saturated rings. The largest absolute Gasteiger partial charge is 0.396 e. The lowest BCUT2D eigenvalue weighted by atomic mass is 10.0. The van der Waals surface area contributed by atoms with E-state index in [0.717, 1.165) is 12.8 Å². The van der Waals surface area contributed by atoms with Crippen LogP contribution >= 0.6 is 0 Å². The van der Waals surface area contributed by atoms with Gasteiger partial charge in [0.05, 0.1) is 5.75 Å². The monoisotopic (exact) mass is 237 g/mol. The quantitative estimate of drug-likeness (QED) is 0.623. The maximum atomic E-state index is 11.5. The summed E-state index contributed by atoms with van der Waals surface area (Å²) >= 11 is 0. The van der Waals surface area contributed by atoms with Gasteiger partial charge in [0.15, 0.2) is 0 Å². The molecule has 1 aliphatic rings. The minimum Gasteiger partial charge on any atom is -0.396 e. The molecule has 0 atom stereocenters. The van der Waals surface area contributed by atoms with Crippen LogP contribution < -0.4 is 4.72 Å². The highest BCUT2D eigenvalue weighted by atomic mass is 32.2. The number of hydrogen-bond donors (Lipinski definition) is 2. The number of nitrogens with one attached hydrogen (secondary N) is 1. The average molecular weight is 237 g/mol. The molecule has 2 N–H and O–H groups in total. The van der Waals surface area contributed by atoms with Gasteiger partial charge in [-0.2, -0.15) is 0 Å². The predicted molar refractivity (Wildman–Crippen MR) is 57.0 cm³/mol. The van der Waals surface area contributed by atoms with Gasteiger partial charge in [0.25, 0.3) is 0 Å². The molecule has 0 aliphatic carbocycles.